The van der Waals surface area contributed by atoms with Crippen LogP contribution in [0.15, 0.2) is 18.2 Å². The first kappa shape index (κ1) is 8.65. The summed E-state index contributed by atoms with van der Waals surface area (Å²) in [4.78, 5) is 0. The SMILES string of the molecule is N#Cc1ccc(C(N)N)c(F)c1. The lowest BCUT2D eigenvalue weighted by Crippen LogP contribution is -2.21. The first-order valence-corrected chi connectivity index (χ1v) is 3.36. The highest BCUT2D eigenvalue weighted by atomic mass is 19.1. The summed E-state index contributed by atoms with van der Waals surface area (Å²) in [5.74, 6) is -0.538. The van der Waals surface area contributed by atoms with E-state index >= 15 is 0 Å². The van der Waals surface area contributed by atoms with E-state index in [0.717, 1.165) is 6.07 Å². The molecular weight excluding hydrogens is 157 g/mol. The average Bonchev–Trinajstić information content (AvgIpc) is 2.03. The van der Waals surface area contributed by atoms with Gasteiger partial charge >= 0.3 is 0 Å². The molecule has 0 aliphatic rings. The molecule has 12 heavy (non-hydrogen) atoms. The summed E-state index contributed by atoms with van der Waals surface area (Å²) in [5, 5.41) is 8.41. The highest BCUT2D eigenvalue weighted by Crippen LogP contribution is 2.12. The van der Waals surface area contributed by atoms with Gasteiger partial charge in [0.25, 0.3) is 0 Å². The number of nitrogens with zero attached hydrogens (tertiary/aromatic N) is 1. The lowest BCUT2D eigenvalue weighted by atomic mass is 10.1. The first-order valence-electron chi connectivity index (χ1n) is 3.36. The van der Waals surface area contributed by atoms with E-state index in [1.807, 2.05) is 6.07 Å². The van der Waals surface area contributed by atoms with E-state index in [4.69, 9.17) is 16.7 Å². The van der Waals surface area contributed by atoms with Crippen LogP contribution in [0.3, 0.4) is 0 Å². The molecule has 0 amide bonds. The van der Waals surface area contributed by atoms with E-state index in [2.05, 4.69) is 0 Å². The molecule has 1 aromatic carbocycles. The van der Waals surface area contributed by atoms with Crippen molar-refractivity contribution in [2.75, 3.05) is 0 Å². The molecule has 4 heteroatoms. The number of nitrogens with two attached hydrogens (primary N) is 2. The molecule has 3 nitrogen and oxygen atoms in total. The van der Waals surface area contributed by atoms with Crippen molar-refractivity contribution in [2.24, 2.45) is 11.5 Å². The van der Waals surface area contributed by atoms with Crippen molar-refractivity contribution in [2.45, 2.75) is 6.17 Å². The molecule has 0 saturated heterocycles. The quantitative estimate of drug-likeness (QED) is 0.598. The predicted octanol–water partition coefficient (Wildman–Crippen LogP) is 0.613. The predicted molar refractivity (Wildman–Crippen MR) is 42.2 cm³/mol. The van der Waals surface area contributed by atoms with Gasteiger partial charge in [0.1, 0.15) is 5.82 Å². The molecule has 0 aliphatic carbocycles. The van der Waals surface area contributed by atoms with Gasteiger partial charge in [-0.3, -0.25) is 0 Å². The zero-order valence-electron chi connectivity index (χ0n) is 6.29. The Bertz CT molecular complexity index is 328. The van der Waals surface area contributed by atoms with Crippen molar-refractivity contribution in [3.8, 4) is 6.07 Å². The summed E-state index contributed by atoms with van der Waals surface area (Å²) in [6.07, 6.45) is -0.835. The van der Waals surface area contributed by atoms with Crippen molar-refractivity contribution >= 4 is 0 Å². The molecule has 0 atom stereocenters. The minimum absolute atomic E-state index is 0.217. The molecule has 0 aliphatic heterocycles. The van der Waals surface area contributed by atoms with Gasteiger partial charge in [-0.05, 0) is 12.1 Å². The largest absolute Gasteiger partial charge is 0.312 e. The van der Waals surface area contributed by atoms with Crippen LogP contribution in [0.5, 0.6) is 0 Å². The highest BCUT2D eigenvalue weighted by molar-refractivity contribution is 5.33. The van der Waals surface area contributed by atoms with E-state index in [-0.39, 0.29) is 11.1 Å². The third kappa shape index (κ3) is 1.59. The van der Waals surface area contributed by atoms with Crippen LogP contribution in [0.25, 0.3) is 0 Å². The highest BCUT2D eigenvalue weighted by Gasteiger charge is 2.06. The number of benzene rings is 1. The Labute approximate surface area is 69.4 Å². The van der Waals surface area contributed by atoms with Crippen molar-refractivity contribution in [3.63, 3.8) is 0 Å². The zero-order chi connectivity index (χ0) is 9.14. The van der Waals surface area contributed by atoms with Crippen molar-refractivity contribution in [3.05, 3.63) is 35.1 Å². The summed E-state index contributed by atoms with van der Waals surface area (Å²) in [5.41, 5.74) is 11.0. The molecule has 4 N–H and O–H groups in total. The fourth-order valence-electron chi connectivity index (χ4n) is 0.867. The minimum Gasteiger partial charge on any atom is -0.312 e. The molecule has 0 fully saturated rings. The minimum atomic E-state index is -0.835. The van der Waals surface area contributed by atoms with Gasteiger partial charge in [0.05, 0.1) is 17.8 Å². The Morgan fingerprint density at radius 1 is 1.42 bits per heavy atom. The number of hydrogen-bond donors (Lipinski definition) is 2. The third-order valence-corrected chi connectivity index (χ3v) is 1.49. The zero-order valence-corrected chi connectivity index (χ0v) is 6.29. The first-order chi connectivity index (χ1) is 5.65. The third-order valence-electron chi connectivity index (χ3n) is 1.49. The lowest BCUT2D eigenvalue weighted by Gasteiger charge is -2.06. The molecular formula is C8H8FN3. The van der Waals surface area contributed by atoms with Gasteiger partial charge in [0.15, 0.2) is 0 Å². The molecule has 0 saturated carbocycles. The molecule has 0 heterocycles. The molecule has 62 valence electrons. The second kappa shape index (κ2) is 3.30. The van der Waals surface area contributed by atoms with Crippen LogP contribution in [-0.2, 0) is 0 Å². The van der Waals surface area contributed by atoms with Gasteiger partial charge in [0.2, 0.25) is 0 Å². The second-order valence-corrected chi connectivity index (χ2v) is 2.37. The summed E-state index contributed by atoms with van der Waals surface area (Å²) in [6.45, 7) is 0. The number of halogens is 1. The summed E-state index contributed by atoms with van der Waals surface area (Å²) >= 11 is 0. The molecule has 0 bridgehead atoms. The molecule has 1 aromatic rings. The van der Waals surface area contributed by atoms with Gasteiger partial charge in [-0.2, -0.15) is 5.26 Å². The maximum atomic E-state index is 13.0. The van der Waals surface area contributed by atoms with Crippen LogP contribution in [0, 0.1) is 17.1 Å². The Hall–Kier alpha value is -1.44. The summed E-state index contributed by atoms with van der Waals surface area (Å²) in [6, 6.07) is 5.82. The van der Waals surface area contributed by atoms with Crippen LogP contribution >= 0.6 is 0 Å². The van der Waals surface area contributed by atoms with Gasteiger partial charge in [-0.1, -0.05) is 6.07 Å². The molecule has 0 unspecified atom stereocenters. The molecule has 0 aromatic heterocycles. The number of hydrogen-bond acceptors (Lipinski definition) is 3. The van der Waals surface area contributed by atoms with E-state index in [1.54, 1.807) is 0 Å². The van der Waals surface area contributed by atoms with Gasteiger partial charge < -0.3 is 11.5 Å². The van der Waals surface area contributed by atoms with E-state index in [1.165, 1.54) is 12.1 Å². The Morgan fingerprint density at radius 3 is 2.50 bits per heavy atom. The van der Waals surface area contributed by atoms with Gasteiger partial charge in [0, 0.05) is 5.56 Å². The Kier molecular flexibility index (Phi) is 2.38. The van der Waals surface area contributed by atoms with Crippen molar-refractivity contribution in [1.29, 1.82) is 5.26 Å². The molecule has 0 spiro atoms. The maximum Gasteiger partial charge on any atom is 0.130 e. The fraction of sp³-hybridized carbons (Fsp3) is 0.125. The van der Waals surface area contributed by atoms with Crippen LogP contribution in [0.1, 0.15) is 17.3 Å². The topological polar surface area (TPSA) is 75.8 Å². The summed E-state index contributed by atoms with van der Waals surface area (Å²) < 4.78 is 13.0. The molecule has 1 rings (SSSR count). The monoisotopic (exact) mass is 165 g/mol. The van der Waals surface area contributed by atoms with E-state index in [0.29, 0.717) is 0 Å². The van der Waals surface area contributed by atoms with E-state index < -0.39 is 12.0 Å². The smallest absolute Gasteiger partial charge is 0.130 e. The fourth-order valence-corrected chi connectivity index (χ4v) is 0.867. The number of rotatable bonds is 1. The Morgan fingerprint density at radius 2 is 2.08 bits per heavy atom. The maximum absolute atomic E-state index is 13.0. The van der Waals surface area contributed by atoms with Crippen LogP contribution in [-0.4, -0.2) is 0 Å². The summed E-state index contributed by atoms with van der Waals surface area (Å²) in [7, 11) is 0. The number of nitriles is 1. The second-order valence-electron chi connectivity index (χ2n) is 2.37. The molecule has 0 radical (unpaired) electrons. The van der Waals surface area contributed by atoms with Crippen molar-refractivity contribution < 1.29 is 4.39 Å². The van der Waals surface area contributed by atoms with Crippen molar-refractivity contribution in [1.82, 2.24) is 0 Å². The van der Waals surface area contributed by atoms with Crippen LogP contribution in [0.4, 0.5) is 4.39 Å². The van der Waals surface area contributed by atoms with Gasteiger partial charge in [-0.25, -0.2) is 4.39 Å². The average molecular weight is 165 g/mol. The lowest BCUT2D eigenvalue weighted by molar-refractivity contribution is 0.587. The van der Waals surface area contributed by atoms with Crippen LogP contribution < -0.4 is 11.5 Å². The Balaban J connectivity index is 3.14. The standard InChI is InChI=1S/C8H8FN3/c9-7-3-5(4-10)1-2-6(7)8(11)12/h1-3,8H,11-12H2. The normalized spacial score (nSPS) is 9.92. The van der Waals surface area contributed by atoms with E-state index in [9.17, 15) is 4.39 Å². The van der Waals surface area contributed by atoms with Crippen LogP contribution in [0.2, 0.25) is 0 Å². The van der Waals surface area contributed by atoms with Gasteiger partial charge in [-0.15, -0.1) is 0 Å².